The number of ether oxygens (including phenoxy) is 4. The van der Waals surface area contributed by atoms with E-state index in [2.05, 4.69) is 14.4 Å². The number of aromatic nitrogens is 2. The van der Waals surface area contributed by atoms with E-state index < -0.39 is 41.6 Å². The monoisotopic (exact) mass is 407 g/mol. The molecule has 3 rings (SSSR count). The number of aromatic amines is 1. The standard InChI is InChI=1S/C14H20N2O10S/c1-14(2)23-10-8(7-20-5-6-21-27-26-25-19)22-12(11(10)24-14)16-4-3-9(17)15-13(16)18/h3-4,8,10-12,19H,5-7H2,1-2H3,(H,15,17,18)/p-1/t8-,10+,11?,12-/m1/s1. The van der Waals surface area contributed by atoms with Crippen LogP contribution in [0.25, 0.3) is 0 Å². The number of H-pyrrole nitrogens is 1. The Kier molecular flexibility index (Phi) is 6.67. The van der Waals surface area contributed by atoms with Crippen LogP contribution in [0.1, 0.15) is 20.1 Å². The molecule has 27 heavy (non-hydrogen) atoms. The van der Waals surface area contributed by atoms with Gasteiger partial charge in [0.05, 0.1) is 19.8 Å². The van der Waals surface area contributed by atoms with Crippen LogP contribution < -0.4 is 16.5 Å². The van der Waals surface area contributed by atoms with Gasteiger partial charge in [0.2, 0.25) is 0 Å². The Labute approximate surface area is 157 Å². The molecule has 13 heteroatoms. The predicted molar refractivity (Wildman–Crippen MR) is 85.6 cm³/mol. The molecule has 2 aliphatic heterocycles. The van der Waals surface area contributed by atoms with Crippen molar-refractivity contribution >= 4 is 12.3 Å². The highest BCUT2D eigenvalue weighted by Gasteiger charge is 2.56. The van der Waals surface area contributed by atoms with Gasteiger partial charge in [-0.25, -0.2) is 4.79 Å². The summed E-state index contributed by atoms with van der Waals surface area (Å²) < 4.78 is 33.2. The number of rotatable bonds is 9. The van der Waals surface area contributed by atoms with Crippen LogP contribution in [-0.4, -0.2) is 53.5 Å². The third-order valence-corrected chi connectivity index (χ3v) is 4.32. The predicted octanol–water partition coefficient (Wildman–Crippen LogP) is -1.23. The zero-order valence-electron chi connectivity index (χ0n) is 14.5. The number of fused-ring (bicyclic) bond motifs is 1. The van der Waals surface area contributed by atoms with Gasteiger partial charge in [-0.15, -0.1) is 4.33 Å². The lowest BCUT2D eigenvalue weighted by atomic mass is 10.1. The molecule has 3 heterocycles. The fourth-order valence-electron chi connectivity index (χ4n) is 3.00. The molecule has 1 aromatic rings. The van der Waals surface area contributed by atoms with Crippen LogP contribution in [0, 0.1) is 0 Å². The fourth-order valence-corrected chi connectivity index (χ4v) is 3.20. The maximum Gasteiger partial charge on any atom is 0.330 e. The van der Waals surface area contributed by atoms with Crippen molar-refractivity contribution in [1.82, 2.24) is 9.55 Å². The molecule has 2 saturated heterocycles. The van der Waals surface area contributed by atoms with Gasteiger partial charge in [0.15, 0.2) is 24.3 Å². The Morgan fingerprint density at radius 1 is 1.30 bits per heavy atom. The third kappa shape index (κ3) is 4.96. The lowest BCUT2D eigenvalue weighted by molar-refractivity contribution is -0.777. The Hall–Kier alpha value is -1.29. The molecule has 0 saturated carbocycles. The Morgan fingerprint density at radius 2 is 2.07 bits per heavy atom. The van der Waals surface area contributed by atoms with E-state index in [4.69, 9.17) is 23.1 Å². The van der Waals surface area contributed by atoms with Crippen molar-refractivity contribution in [3.8, 4) is 0 Å². The van der Waals surface area contributed by atoms with Crippen LogP contribution >= 0.6 is 12.3 Å². The maximum absolute atomic E-state index is 12.1. The summed E-state index contributed by atoms with van der Waals surface area (Å²) in [6, 6.07) is 1.23. The topological polar surface area (TPSA) is 143 Å². The molecular formula is C14H19N2O10S-. The first kappa shape index (κ1) is 20.4. The molecular weight excluding hydrogens is 388 g/mol. The summed E-state index contributed by atoms with van der Waals surface area (Å²) in [6.45, 7) is 4.01. The molecule has 0 bridgehead atoms. The highest BCUT2D eigenvalue weighted by Crippen LogP contribution is 2.42. The zero-order valence-corrected chi connectivity index (χ0v) is 15.3. The van der Waals surface area contributed by atoms with Crippen LogP contribution in [0.3, 0.4) is 0 Å². The van der Waals surface area contributed by atoms with Gasteiger partial charge < -0.3 is 24.2 Å². The molecule has 2 aliphatic rings. The van der Waals surface area contributed by atoms with Gasteiger partial charge in [0.25, 0.3) is 5.56 Å². The summed E-state index contributed by atoms with van der Waals surface area (Å²) in [5.41, 5.74) is -1.11. The number of nitrogens with zero attached hydrogens (tertiary/aromatic N) is 1. The van der Waals surface area contributed by atoms with Gasteiger partial charge in [0.1, 0.15) is 18.3 Å². The van der Waals surface area contributed by atoms with Crippen LogP contribution in [-0.2, 0) is 32.5 Å². The highest BCUT2D eigenvalue weighted by atomic mass is 32.2. The first-order valence-corrected chi connectivity index (χ1v) is 8.73. The molecule has 0 amide bonds. The van der Waals surface area contributed by atoms with Gasteiger partial charge in [-0.05, 0) is 13.8 Å². The van der Waals surface area contributed by atoms with Crippen LogP contribution in [0.4, 0.5) is 0 Å². The molecule has 12 nitrogen and oxygen atoms in total. The van der Waals surface area contributed by atoms with E-state index in [1.165, 1.54) is 16.8 Å². The third-order valence-electron chi connectivity index (χ3n) is 3.95. The Morgan fingerprint density at radius 3 is 2.81 bits per heavy atom. The second kappa shape index (κ2) is 8.81. The van der Waals surface area contributed by atoms with Crippen molar-refractivity contribution in [2.24, 2.45) is 0 Å². The van der Waals surface area contributed by atoms with Crippen molar-refractivity contribution in [2.45, 2.75) is 44.2 Å². The molecule has 2 fully saturated rings. The Balaban J connectivity index is 1.62. The van der Waals surface area contributed by atoms with Gasteiger partial charge in [-0.3, -0.25) is 23.6 Å². The van der Waals surface area contributed by atoms with E-state index in [-0.39, 0.29) is 19.8 Å². The lowest BCUT2D eigenvalue weighted by Crippen LogP contribution is -2.37. The molecule has 1 aromatic heterocycles. The van der Waals surface area contributed by atoms with Gasteiger partial charge in [-0.1, -0.05) is 0 Å². The normalized spacial score (nSPS) is 29.1. The van der Waals surface area contributed by atoms with E-state index in [0.29, 0.717) is 12.3 Å². The lowest BCUT2D eigenvalue weighted by Gasteiger charge is -2.24. The number of nitrogens with one attached hydrogen (secondary N) is 1. The second-order valence-electron chi connectivity index (χ2n) is 6.25. The second-order valence-corrected chi connectivity index (χ2v) is 6.76. The average molecular weight is 407 g/mol. The molecule has 0 aromatic carbocycles. The van der Waals surface area contributed by atoms with Crippen molar-refractivity contribution < 1.29 is 37.8 Å². The molecule has 0 radical (unpaired) electrons. The van der Waals surface area contributed by atoms with E-state index in [1.807, 2.05) is 0 Å². The molecule has 1 unspecified atom stereocenters. The Bertz CT molecular complexity index is 737. The summed E-state index contributed by atoms with van der Waals surface area (Å²) in [5.74, 6) is -0.850. The zero-order chi connectivity index (χ0) is 19.4. The van der Waals surface area contributed by atoms with Crippen molar-refractivity contribution in [3.05, 3.63) is 33.1 Å². The van der Waals surface area contributed by atoms with Gasteiger partial charge in [0, 0.05) is 12.3 Å². The van der Waals surface area contributed by atoms with Crippen LogP contribution in [0.5, 0.6) is 0 Å². The minimum Gasteiger partial charge on any atom is -0.691 e. The molecule has 4 atom stereocenters. The largest absolute Gasteiger partial charge is 0.691 e. The fraction of sp³-hybridized carbons (Fsp3) is 0.714. The molecule has 152 valence electrons. The summed E-state index contributed by atoms with van der Waals surface area (Å²) in [7, 11) is 0. The van der Waals surface area contributed by atoms with Crippen molar-refractivity contribution in [2.75, 3.05) is 19.8 Å². The van der Waals surface area contributed by atoms with Gasteiger partial charge in [-0.2, -0.15) is 0 Å². The van der Waals surface area contributed by atoms with E-state index >= 15 is 0 Å². The smallest absolute Gasteiger partial charge is 0.330 e. The molecule has 1 N–H and O–H groups in total. The summed E-state index contributed by atoms with van der Waals surface area (Å²) in [4.78, 5) is 25.6. The van der Waals surface area contributed by atoms with Crippen LogP contribution in [0.15, 0.2) is 21.9 Å². The average Bonchev–Trinajstić information content (AvgIpc) is 3.08. The molecule has 0 aliphatic carbocycles. The summed E-state index contributed by atoms with van der Waals surface area (Å²) in [6.07, 6.45) is -0.939. The molecule has 0 spiro atoms. The maximum atomic E-state index is 12.1. The first-order chi connectivity index (χ1) is 12.9. The summed E-state index contributed by atoms with van der Waals surface area (Å²) in [5, 5.41) is 12.7. The van der Waals surface area contributed by atoms with Crippen LogP contribution in [0.2, 0.25) is 0 Å². The quantitative estimate of drug-likeness (QED) is 0.228. The van der Waals surface area contributed by atoms with E-state index in [9.17, 15) is 14.8 Å². The van der Waals surface area contributed by atoms with Crippen molar-refractivity contribution in [3.63, 3.8) is 0 Å². The highest BCUT2D eigenvalue weighted by molar-refractivity contribution is 7.89. The van der Waals surface area contributed by atoms with Gasteiger partial charge >= 0.3 is 5.69 Å². The minimum atomic E-state index is -0.850. The first-order valence-electron chi connectivity index (χ1n) is 8.06. The van der Waals surface area contributed by atoms with E-state index in [1.54, 1.807) is 13.8 Å². The van der Waals surface area contributed by atoms with Crippen molar-refractivity contribution in [1.29, 1.82) is 0 Å². The number of hydrogen-bond acceptors (Lipinski definition) is 11. The van der Waals surface area contributed by atoms with E-state index in [0.717, 1.165) is 0 Å². The number of hydrogen-bond donors (Lipinski definition) is 1. The summed E-state index contributed by atoms with van der Waals surface area (Å²) >= 11 is 0.394. The minimum absolute atomic E-state index is 0.139. The SMILES string of the molecule is CC1(C)OC2[C@@H](O1)[C@@H](COCCOSOO[O-])O[C@H]2n1ccc(=O)[nH]c1=O.